The lowest BCUT2D eigenvalue weighted by Crippen LogP contribution is -2.19. The van der Waals surface area contributed by atoms with Gasteiger partial charge < -0.3 is 24.8 Å². The summed E-state index contributed by atoms with van der Waals surface area (Å²) >= 11 is 0. The summed E-state index contributed by atoms with van der Waals surface area (Å²) in [6.45, 7) is 1.79. The molecule has 0 bridgehead atoms. The zero-order valence-electron chi connectivity index (χ0n) is 13.7. The topological polar surface area (TPSA) is 81.7 Å². The molecule has 2 N–H and O–H groups in total. The smallest absolute Gasteiger partial charge is 0.274 e. The standard InChI is InChI=1S/C18H19N3O4/c22-18(21-12-4-6-16-17(8-12)25-11-24-16)15-5-3-13(9-20-15)19-10-14-2-1-7-23-14/h3-6,8-9,14,19H,1-2,7,10-11H2,(H,21,22). The maximum atomic E-state index is 12.3. The van der Waals surface area contributed by atoms with E-state index in [1.54, 1.807) is 30.5 Å². The van der Waals surface area contributed by atoms with E-state index in [2.05, 4.69) is 15.6 Å². The monoisotopic (exact) mass is 341 g/mol. The van der Waals surface area contributed by atoms with Crippen molar-refractivity contribution >= 4 is 17.3 Å². The number of aromatic nitrogens is 1. The number of nitrogens with one attached hydrogen (secondary N) is 2. The van der Waals surface area contributed by atoms with Crippen LogP contribution in [0.3, 0.4) is 0 Å². The maximum Gasteiger partial charge on any atom is 0.274 e. The number of pyridine rings is 1. The van der Waals surface area contributed by atoms with Crippen molar-refractivity contribution < 1.29 is 19.0 Å². The van der Waals surface area contributed by atoms with Crippen LogP contribution < -0.4 is 20.1 Å². The van der Waals surface area contributed by atoms with Gasteiger partial charge in [0.25, 0.3) is 5.91 Å². The van der Waals surface area contributed by atoms with Crippen molar-refractivity contribution in [3.05, 3.63) is 42.2 Å². The highest BCUT2D eigenvalue weighted by Gasteiger charge is 2.16. The third-order valence-electron chi connectivity index (χ3n) is 4.18. The molecule has 0 spiro atoms. The lowest BCUT2D eigenvalue weighted by atomic mass is 10.2. The average Bonchev–Trinajstić information content (AvgIpc) is 3.31. The predicted molar refractivity (Wildman–Crippen MR) is 92.2 cm³/mol. The van der Waals surface area contributed by atoms with Crippen molar-refractivity contribution in [3.8, 4) is 11.5 Å². The Kier molecular flexibility index (Phi) is 4.39. The van der Waals surface area contributed by atoms with Crippen molar-refractivity contribution in [2.75, 3.05) is 30.6 Å². The minimum absolute atomic E-state index is 0.203. The summed E-state index contributed by atoms with van der Waals surface area (Å²) in [6, 6.07) is 8.81. The van der Waals surface area contributed by atoms with E-state index in [0.29, 0.717) is 22.9 Å². The van der Waals surface area contributed by atoms with Crippen LogP contribution in [-0.4, -0.2) is 36.9 Å². The van der Waals surface area contributed by atoms with E-state index in [4.69, 9.17) is 14.2 Å². The van der Waals surface area contributed by atoms with Gasteiger partial charge in [0, 0.05) is 24.9 Å². The first kappa shape index (κ1) is 15.7. The quantitative estimate of drug-likeness (QED) is 0.870. The third kappa shape index (κ3) is 3.66. The van der Waals surface area contributed by atoms with Gasteiger partial charge in [-0.3, -0.25) is 4.79 Å². The summed E-state index contributed by atoms with van der Waals surface area (Å²) < 4.78 is 16.1. The third-order valence-corrected chi connectivity index (χ3v) is 4.18. The van der Waals surface area contributed by atoms with Crippen molar-refractivity contribution in [1.29, 1.82) is 0 Å². The Morgan fingerprint density at radius 1 is 1.16 bits per heavy atom. The van der Waals surface area contributed by atoms with Crippen molar-refractivity contribution in [1.82, 2.24) is 4.98 Å². The van der Waals surface area contributed by atoms with Crippen LogP contribution in [0.15, 0.2) is 36.5 Å². The van der Waals surface area contributed by atoms with Crippen LogP contribution in [0.4, 0.5) is 11.4 Å². The molecule has 2 aliphatic heterocycles. The number of hydrogen-bond donors (Lipinski definition) is 2. The Hall–Kier alpha value is -2.80. The first-order valence-electron chi connectivity index (χ1n) is 8.30. The summed E-state index contributed by atoms with van der Waals surface area (Å²) in [5, 5.41) is 6.09. The minimum Gasteiger partial charge on any atom is -0.454 e. The van der Waals surface area contributed by atoms with E-state index in [1.807, 2.05) is 6.07 Å². The Labute approximate surface area is 145 Å². The molecule has 1 atom stereocenters. The molecule has 25 heavy (non-hydrogen) atoms. The SMILES string of the molecule is O=C(Nc1ccc2c(c1)OCO2)c1ccc(NCC2CCCO2)cn1. The highest BCUT2D eigenvalue weighted by molar-refractivity contribution is 6.03. The molecule has 4 rings (SSSR count). The molecule has 0 aliphatic carbocycles. The van der Waals surface area contributed by atoms with E-state index >= 15 is 0 Å². The fraction of sp³-hybridized carbons (Fsp3) is 0.333. The molecule has 7 heteroatoms. The molecule has 3 heterocycles. The second kappa shape index (κ2) is 6.98. The number of ether oxygens (including phenoxy) is 3. The molecule has 2 aromatic rings. The molecule has 130 valence electrons. The zero-order chi connectivity index (χ0) is 17.1. The van der Waals surface area contributed by atoms with Gasteiger partial charge in [-0.1, -0.05) is 0 Å². The number of carbonyl (C=O) groups excluding carboxylic acids is 1. The van der Waals surface area contributed by atoms with E-state index < -0.39 is 0 Å². The molecule has 1 saturated heterocycles. The highest BCUT2D eigenvalue weighted by atomic mass is 16.7. The predicted octanol–water partition coefficient (Wildman–Crippen LogP) is 2.65. The van der Waals surface area contributed by atoms with Gasteiger partial charge in [-0.2, -0.15) is 0 Å². The fourth-order valence-electron chi connectivity index (χ4n) is 2.84. The van der Waals surface area contributed by atoms with Crippen LogP contribution in [0.5, 0.6) is 11.5 Å². The molecule has 0 saturated carbocycles. The summed E-state index contributed by atoms with van der Waals surface area (Å²) in [6.07, 6.45) is 4.11. The van der Waals surface area contributed by atoms with Gasteiger partial charge in [0.05, 0.1) is 18.0 Å². The number of hydrogen-bond acceptors (Lipinski definition) is 6. The molecule has 1 amide bonds. The Balaban J connectivity index is 1.35. The van der Waals surface area contributed by atoms with Crippen LogP contribution in [0.1, 0.15) is 23.3 Å². The molecule has 1 fully saturated rings. The minimum atomic E-state index is -0.274. The normalized spacial score (nSPS) is 18.2. The summed E-state index contributed by atoms with van der Waals surface area (Å²) in [5.74, 6) is 1.03. The van der Waals surface area contributed by atoms with E-state index in [1.165, 1.54) is 0 Å². The van der Waals surface area contributed by atoms with E-state index in [-0.39, 0.29) is 18.8 Å². The van der Waals surface area contributed by atoms with E-state index in [9.17, 15) is 4.79 Å². The Morgan fingerprint density at radius 2 is 2.04 bits per heavy atom. The molecule has 1 aromatic heterocycles. The van der Waals surface area contributed by atoms with Crippen molar-refractivity contribution in [3.63, 3.8) is 0 Å². The molecule has 1 unspecified atom stereocenters. The first-order chi connectivity index (χ1) is 12.3. The molecular formula is C18H19N3O4. The average molecular weight is 341 g/mol. The summed E-state index contributed by atoms with van der Waals surface area (Å²) in [7, 11) is 0. The van der Waals surface area contributed by atoms with Gasteiger partial charge in [-0.25, -0.2) is 4.98 Å². The Morgan fingerprint density at radius 3 is 2.84 bits per heavy atom. The van der Waals surface area contributed by atoms with Crippen molar-refractivity contribution in [2.24, 2.45) is 0 Å². The van der Waals surface area contributed by atoms with Crippen LogP contribution in [0.2, 0.25) is 0 Å². The molecule has 0 radical (unpaired) electrons. The molecular weight excluding hydrogens is 322 g/mol. The number of fused-ring (bicyclic) bond motifs is 1. The molecule has 2 aliphatic rings. The summed E-state index contributed by atoms with van der Waals surface area (Å²) in [4.78, 5) is 16.5. The molecule has 1 aromatic carbocycles. The number of rotatable bonds is 5. The van der Waals surface area contributed by atoms with Crippen LogP contribution in [0, 0.1) is 0 Å². The van der Waals surface area contributed by atoms with Gasteiger partial charge in [0.15, 0.2) is 11.5 Å². The Bertz CT molecular complexity index is 757. The number of nitrogens with zero attached hydrogens (tertiary/aromatic N) is 1. The maximum absolute atomic E-state index is 12.3. The number of benzene rings is 1. The second-order valence-electron chi connectivity index (χ2n) is 5.97. The number of anilines is 2. The van der Waals surface area contributed by atoms with Gasteiger partial charge in [0.2, 0.25) is 6.79 Å². The second-order valence-corrected chi connectivity index (χ2v) is 5.97. The van der Waals surface area contributed by atoms with Gasteiger partial charge in [-0.05, 0) is 37.1 Å². The highest BCUT2D eigenvalue weighted by Crippen LogP contribution is 2.34. The number of amides is 1. The van der Waals surface area contributed by atoms with Crippen LogP contribution in [0.25, 0.3) is 0 Å². The van der Waals surface area contributed by atoms with Gasteiger partial charge >= 0.3 is 0 Å². The van der Waals surface area contributed by atoms with E-state index in [0.717, 1.165) is 31.7 Å². The molecule has 7 nitrogen and oxygen atoms in total. The van der Waals surface area contributed by atoms with Crippen LogP contribution in [-0.2, 0) is 4.74 Å². The van der Waals surface area contributed by atoms with Gasteiger partial charge in [-0.15, -0.1) is 0 Å². The fourth-order valence-corrected chi connectivity index (χ4v) is 2.84. The lowest BCUT2D eigenvalue weighted by molar-refractivity contribution is 0.102. The zero-order valence-corrected chi connectivity index (χ0v) is 13.7. The van der Waals surface area contributed by atoms with Crippen LogP contribution >= 0.6 is 0 Å². The largest absolute Gasteiger partial charge is 0.454 e. The lowest BCUT2D eigenvalue weighted by Gasteiger charge is -2.12. The summed E-state index contributed by atoms with van der Waals surface area (Å²) in [5.41, 5.74) is 1.85. The number of carbonyl (C=O) groups is 1. The van der Waals surface area contributed by atoms with Crippen molar-refractivity contribution in [2.45, 2.75) is 18.9 Å². The first-order valence-corrected chi connectivity index (χ1v) is 8.30. The van der Waals surface area contributed by atoms with Gasteiger partial charge in [0.1, 0.15) is 5.69 Å².